The van der Waals surface area contributed by atoms with Crippen molar-refractivity contribution in [1.29, 1.82) is 0 Å². The highest BCUT2D eigenvalue weighted by Crippen LogP contribution is 2.63. The van der Waals surface area contributed by atoms with Crippen molar-refractivity contribution >= 4 is 86.5 Å². The van der Waals surface area contributed by atoms with Crippen LogP contribution in [0.4, 0.5) is 22.7 Å². The van der Waals surface area contributed by atoms with E-state index in [0.29, 0.717) is 100 Å². The van der Waals surface area contributed by atoms with Crippen molar-refractivity contribution in [1.82, 2.24) is 58.1 Å². The van der Waals surface area contributed by atoms with Gasteiger partial charge in [0.05, 0.1) is 63.4 Å². The first-order chi connectivity index (χ1) is 66.9. The molecule has 40 heteroatoms. The van der Waals surface area contributed by atoms with E-state index in [1.54, 1.807) is 146 Å². The normalized spacial score (nSPS) is 28.1. The van der Waals surface area contributed by atoms with Gasteiger partial charge in [0, 0.05) is 101 Å². The number of nitrogens with zero attached hydrogens (tertiary/aromatic N) is 12. The summed E-state index contributed by atoms with van der Waals surface area (Å²) in [5, 5.41) is 56.8. The highest BCUT2D eigenvalue weighted by atomic mass is 32.2. The number of rotatable bonds is 24. The Labute approximate surface area is 813 Å². The molecule has 0 bridgehead atoms. The summed E-state index contributed by atoms with van der Waals surface area (Å²) < 4.78 is 119. The lowest BCUT2D eigenvalue weighted by atomic mass is 9.73. The van der Waals surface area contributed by atoms with Gasteiger partial charge in [0.25, 0.3) is 22.7 Å². The highest BCUT2D eigenvalue weighted by Gasteiger charge is 2.75. The van der Waals surface area contributed by atoms with Gasteiger partial charge in [0.2, 0.25) is 63.7 Å². The Hall–Kier alpha value is -12.3. The minimum atomic E-state index is -4.03. The zero-order chi connectivity index (χ0) is 99.8. The van der Waals surface area contributed by atoms with Crippen LogP contribution in [0.5, 0.6) is 0 Å². The SMILES string of the molecule is CCNC(=O)[C@@]12[C@H]3CC=C[C@@H]1N(S(=O)(=O)c1ccc(C)cc1)[C@@H](c1ccc([N+](=O)[O-])cc1)N2CC3.CCNC(=O)[C@@]12[C@H]3CC=C[C@@H]1N(S(=O)(=O)c1ccc(C)cc1)[C@@H](c1ccc([N+](=O)[O-])cc1)N2CC3.CCNC(=O)[C@]12[C@@H]3CC=C[C@H]1N(S(=O)(=O)c1ccc(C)cc1)[C@H](c1ccc([N+](=O)[O-])cc1)N2CC3.CCNC(=O)[C@]12[C@@H]3CC=C[C@H]1N(S(=O)(=O)c1ccc(C)cc1)[C@H](c1ccc([N+](=O)[O-])cc1)N2CC3. The largest absolute Gasteiger partial charge is 0.355 e. The maximum atomic E-state index is 14.2. The number of nitrogens with one attached hydrogen (secondary N) is 4. The minimum Gasteiger partial charge on any atom is -0.355 e. The molecule has 36 nitrogen and oxygen atoms in total. The monoisotopic (exact) mass is 1980 g/mol. The molecule has 0 spiro atoms. The van der Waals surface area contributed by atoms with E-state index in [9.17, 15) is 93.3 Å². The summed E-state index contributed by atoms with van der Waals surface area (Å²) in [5.41, 5.74) is 1.66. The number of carbonyl (C=O) groups excluding carboxylic acids is 4. The van der Waals surface area contributed by atoms with Crippen LogP contribution in [0.1, 0.15) is 148 Å². The number of carbonyl (C=O) groups is 4. The molecule has 736 valence electrons. The van der Waals surface area contributed by atoms with E-state index < -0.39 is 131 Å². The van der Waals surface area contributed by atoms with E-state index in [0.717, 1.165) is 47.9 Å². The molecule has 12 aliphatic rings. The van der Waals surface area contributed by atoms with E-state index in [4.69, 9.17) is 0 Å². The number of likely N-dealkylation sites (N-methyl/N-ethyl adjacent to an activating group) is 4. The van der Waals surface area contributed by atoms with Crippen molar-refractivity contribution in [2.75, 3.05) is 52.4 Å². The molecule has 8 aromatic rings. The molecule has 8 heterocycles. The van der Waals surface area contributed by atoms with Gasteiger partial charge in [-0.25, -0.2) is 33.7 Å². The second-order valence-corrected chi connectivity index (χ2v) is 44.7. The van der Waals surface area contributed by atoms with Crippen molar-refractivity contribution in [2.24, 2.45) is 23.7 Å². The molecule has 8 fully saturated rings. The third kappa shape index (κ3) is 16.2. The molecule has 20 rings (SSSR count). The molecular weight excluding hydrogens is 1870 g/mol. The molecule has 4 aliphatic carbocycles. The standard InChI is InChI=1S/4C25H28N4O5S/c4*1-3-26-24(30)25-19-5-4-6-22(25)28(35(33,34)21-13-7-17(2)8-14-21)23(27(25)16-15-19)18-9-11-20(12-10-18)29(31)32/h4*4,6-14,19,22-23H,3,5,15-16H2,1-2H3,(H,26,30)/t4*19-,22-,23-,25+/m1100/s1. The molecule has 4 N–H and O–H groups in total. The number of non-ortho nitro benzene ring substituents is 4. The number of aryl methyl sites for hydroxylation is 4. The Morgan fingerprint density at radius 2 is 0.464 bits per heavy atom. The Balaban J connectivity index is 0.000000129. The molecule has 8 aliphatic heterocycles. The fraction of sp³-hybridized carbons (Fsp3) is 0.400. The average molecular weight is 1990 g/mol. The van der Waals surface area contributed by atoms with Crippen LogP contribution in [0.3, 0.4) is 0 Å². The number of hydrogen-bond donors (Lipinski definition) is 4. The summed E-state index contributed by atoms with van der Waals surface area (Å²) in [6, 6.07) is 47.8. The number of hydrogen-bond acceptors (Lipinski definition) is 24. The smallest absolute Gasteiger partial charge is 0.269 e. The Bertz CT molecular complexity index is 5980. The predicted octanol–water partition coefficient (Wildman–Crippen LogP) is 12.5. The maximum absolute atomic E-state index is 14.2. The second kappa shape index (κ2) is 38.6. The van der Waals surface area contributed by atoms with Gasteiger partial charge in [-0.05, 0) is 250 Å². The third-order valence-electron chi connectivity index (χ3n) is 30.1. The van der Waals surface area contributed by atoms with Crippen molar-refractivity contribution in [3.63, 3.8) is 0 Å². The third-order valence-corrected chi connectivity index (χ3v) is 37.5. The van der Waals surface area contributed by atoms with E-state index in [2.05, 4.69) is 21.3 Å². The van der Waals surface area contributed by atoms with E-state index in [-0.39, 0.29) is 89.6 Å². The quantitative estimate of drug-likeness (QED) is 0.0248. The minimum absolute atomic E-state index is 0.0391. The highest BCUT2D eigenvalue weighted by molar-refractivity contribution is 7.90. The predicted molar refractivity (Wildman–Crippen MR) is 519 cm³/mol. The number of sulfonamides is 4. The van der Waals surface area contributed by atoms with Gasteiger partial charge >= 0.3 is 0 Å². The molecule has 16 atom stereocenters. The summed E-state index contributed by atoms with van der Waals surface area (Å²) in [6.07, 6.45) is 18.0. The van der Waals surface area contributed by atoms with Crippen LogP contribution >= 0.6 is 0 Å². The van der Waals surface area contributed by atoms with Gasteiger partial charge in [0.15, 0.2) is 0 Å². The zero-order valence-electron chi connectivity index (χ0n) is 78.5. The van der Waals surface area contributed by atoms with Crippen LogP contribution in [0.15, 0.2) is 262 Å². The molecule has 8 aromatic carbocycles. The van der Waals surface area contributed by atoms with Crippen molar-refractivity contribution < 1.29 is 72.5 Å². The molecule has 0 saturated carbocycles. The number of allylic oxidation sites excluding steroid dienone is 4. The van der Waals surface area contributed by atoms with Crippen LogP contribution in [0, 0.1) is 91.8 Å². The Morgan fingerprint density at radius 1 is 0.293 bits per heavy atom. The van der Waals surface area contributed by atoms with Crippen LogP contribution in [0.25, 0.3) is 0 Å². The van der Waals surface area contributed by atoms with E-state index in [1.807, 2.05) is 124 Å². The molecular formula is C100H112N16O20S4. The number of nitro groups is 4. The van der Waals surface area contributed by atoms with Crippen molar-refractivity contribution in [2.45, 2.75) is 197 Å². The molecule has 8 saturated heterocycles. The number of amides is 4. The lowest BCUT2D eigenvalue weighted by molar-refractivity contribution is -0.385. The summed E-state index contributed by atoms with van der Waals surface area (Å²) in [6.45, 7) is 18.9. The molecule has 0 radical (unpaired) electrons. The van der Waals surface area contributed by atoms with Crippen molar-refractivity contribution in [3.8, 4) is 0 Å². The Kier molecular flexibility index (Phi) is 27.4. The maximum Gasteiger partial charge on any atom is 0.269 e. The van der Waals surface area contributed by atoms with Gasteiger partial charge in [-0.15, -0.1) is 0 Å². The van der Waals surface area contributed by atoms with Crippen LogP contribution in [-0.2, 0) is 59.3 Å². The van der Waals surface area contributed by atoms with Crippen LogP contribution < -0.4 is 21.3 Å². The van der Waals surface area contributed by atoms with E-state index >= 15 is 0 Å². The summed E-state index contributed by atoms with van der Waals surface area (Å²) in [4.78, 5) is 107. The average Bonchev–Trinajstić information content (AvgIpc) is 1.53. The van der Waals surface area contributed by atoms with Crippen LogP contribution in [0.2, 0.25) is 0 Å². The first-order valence-corrected chi connectivity index (χ1v) is 52.9. The van der Waals surface area contributed by atoms with Gasteiger partial charge < -0.3 is 21.3 Å². The molecule has 140 heavy (non-hydrogen) atoms. The summed E-state index contributed by atoms with van der Waals surface area (Å²) >= 11 is 0. The van der Waals surface area contributed by atoms with Gasteiger partial charge in [-0.2, -0.15) is 17.2 Å². The zero-order valence-corrected chi connectivity index (χ0v) is 81.8. The van der Waals surface area contributed by atoms with Gasteiger partial charge in [0.1, 0.15) is 46.8 Å². The molecule has 4 amide bonds. The van der Waals surface area contributed by atoms with Crippen molar-refractivity contribution in [3.05, 3.63) is 328 Å². The molecule has 0 unspecified atom stereocenters. The van der Waals surface area contributed by atoms with Crippen LogP contribution in [-0.4, -0.2) is 212 Å². The second-order valence-electron chi connectivity index (χ2n) is 37.4. The van der Waals surface area contributed by atoms with Gasteiger partial charge in [-0.1, -0.05) is 119 Å². The summed E-state index contributed by atoms with van der Waals surface area (Å²) in [5.74, 6) is -0.859. The lowest BCUT2D eigenvalue weighted by Crippen LogP contribution is -2.63. The number of benzene rings is 8. The van der Waals surface area contributed by atoms with E-state index in [1.165, 1.54) is 65.8 Å². The summed E-state index contributed by atoms with van der Waals surface area (Å²) in [7, 11) is -16.1. The lowest BCUT2D eigenvalue weighted by Gasteiger charge is -2.41. The molecule has 0 aromatic heterocycles. The first kappa shape index (κ1) is 99.3. The fourth-order valence-corrected chi connectivity index (χ4v) is 31.1. The fourth-order valence-electron chi connectivity index (χ4n) is 24.1. The van der Waals surface area contributed by atoms with Gasteiger partial charge in [-0.3, -0.25) is 79.2 Å². The topological polar surface area (TPSA) is 451 Å². The first-order valence-electron chi connectivity index (χ1n) is 47.2. The number of nitro benzene ring substituents is 4. The Morgan fingerprint density at radius 3 is 0.621 bits per heavy atom.